The zero-order valence-corrected chi connectivity index (χ0v) is 13.6. The van der Waals surface area contributed by atoms with Crippen molar-refractivity contribution in [3.63, 3.8) is 0 Å². The monoisotopic (exact) mass is 332 g/mol. The third-order valence-electron chi connectivity index (χ3n) is 4.09. The van der Waals surface area contributed by atoms with E-state index in [1.165, 1.54) is 17.0 Å². The number of aliphatic imine (C=N–C) groups is 1. The maximum absolute atomic E-state index is 13.0. The smallest absolute Gasteiger partial charge is 0.282 e. The molecule has 0 radical (unpaired) electrons. The Morgan fingerprint density at radius 3 is 2.78 bits per heavy atom. The molecule has 0 saturated heterocycles. The van der Waals surface area contributed by atoms with Crippen molar-refractivity contribution in [2.24, 2.45) is 10.7 Å². The van der Waals surface area contributed by atoms with Crippen LogP contribution in [-0.4, -0.2) is 34.6 Å². The SMILES string of the molecule is C[C@]1(CN2Cc3nc(-c4ccc(F)cc4)sc3C2)CN=C(N)O1. The topological polar surface area (TPSA) is 63.7 Å². The molecule has 1 atom stereocenters. The van der Waals surface area contributed by atoms with Gasteiger partial charge in [-0.3, -0.25) is 4.90 Å². The van der Waals surface area contributed by atoms with Crippen molar-refractivity contribution in [2.75, 3.05) is 13.1 Å². The molecule has 23 heavy (non-hydrogen) atoms. The maximum Gasteiger partial charge on any atom is 0.282 e. The molecule has 1 aromatic carbocycles. The number of benzene rings is 1. The van der Waals surface area contributed by atoms with Gasteiger partial charge in [-0.25, -0.2) is 14.4 Å². The molecule has 0 aliphatic carbocycles. The third-order valence-corrected chi connectivity index (χ3v) is 5.22. The van der Waals surface area contributed by atoms with Gasteiger partial charge >= 0.3 is 0 Å². The van der Waals surface area contributed by atoms with Crippen LogP contribution in [0.1, 0.15) is 17.5 Å². The molecule has 0 unspecified atom stereocenters. The van der Waals surface area contributed by atoms with Crippen LogP contribution in [0, 0.1) is 5.82 Å². The molecule has 1 aromatic heterocycles. The van der Waals surface area contributed by atoms with Crippen molar-refractivity contribution in [3.05, 3.63) is 40.7 Å². The van der Waals surface area contributed by atoms with E-state index < -0.39 is 0 Å². The number of amidine groups is 1. The van der Waals surface area contributed by atoms with E-state index in [0.717, 1.165) is 35.9 Å². The molecule has 0 amide bonds. The van der Waals surface area contributed by atoms with Crippen LogP contribution < -0.4 is 5.73 Å². The summed E-state index contributed by atoms with van der Waals surface area (Å²) < 4.78 is 18.6. The molecule has 120 valence electrons. The van der Waals surface area contributed by atoms with E-state index in [1.807, 2.05) is 6.92 Å². The Labute approximate surface area is 137 Å². The van der Waals surface area contributed by atoms with Crippen LogP contribution in [0.5, 0.6) is 0 Å². The summed E-state index contributed by atoms with van der Waals surface area (Å²) in [4.78, 5) is 12.4. The standard InChI is InChI=1S/C16H17FN4OS/c1-16(8-19-15(18)22-16)9-21-6-12-13(7-21)23-14(20-12)10-2-4-11(17)5-3-10/h2-5H,6-9H2,1H3,(H2,18,19)/t16-/m1/s1. The minimum Gasteiger partial charge on any atom is -0.456 e. The Morgan fingerprint density at radius 1 is 1.35 bits per heavy atom. The lowest BCUT2D eigenvalue weighted by atomic mass is 10.1. The fourth-order valence-corrected chi connectivity index (χ4v) is 4.16. The van der Waals surface area contributed by atoms with Gasteiger partial charge in [0.2, 0.25) is 0 Å². The number of rotatable bonds is 3. The van der Waals surface area contributed by atoms with Gasteiger partial charge in [-0.15, -0.1) is 11.3 Å². The van der Waals surface area contributed by atoms with Gasteiger partial charge in [-0.2, -0.15) is 0 Å². The van der Waals surface area contributed by atoms with Crippen molar-refractivity contribution < 1.29 is 9.13 Å². The minimum absolute atomic E-state index is 0.227. The van der Waals surface area contributed by atoms with Crippen molar-refractivity contribution in [3.8, 4) is 10.6 Å². The molecule has 3 heterocycles. The average molecular weight is 332 g/mol. The first-order valence-corrected chi connectivity index (χ1v) is 8.28. The molecular weight excluding hydrogens is 315 g/mol. The van der Waals surface area contributed by atoms with E-state index in [1.54, 1.807) is 23.5 Å². The van der Waals surface area contributed by atoms with Crippen molar-refractivity contribution in [1.29, 1.82) is 0 Å². The molecule has 4 rings (SSSR count). The number of thiazole rings is 1. The van der Waals surface area contributed by atoms with Gasteiger partial charge in [0, 0.05) is 30.1 Å². The predicted molar refractivity (Wildman–Crippen MR) is 87.6 cm³/mol. The quantitative estimate of drug-likeness (QED) is 0.937. The first-order chi connectivity index (χ1) is 11.0. The highest BCUT2D eigenvalue weighted by Crippen LogP contribution is 2.34. The summed E-state index contributed by atoms with van der Waals surface area (Å²) in [5, 5.41) is 0.950. The Bertz CT molecular complexity index is 749. The fraction of sp³-hybridized carbons (Fsp3) is 0.375. The summed E-state index contributed by atoms with van der Waals surface area (Å²) in [6, 6.07) is 6.76. The molecule has 2 aliphatic heterocycles. The Kier molecular flexibility index (Phi) is 3.35. The molecule has 2 N–H and O–H groups in total. The molecule has 2 aliphatic rings. The van der Waals surface area contributed by atoms with Gasteiger partial charge < -0.3 is 10.5 Å². The predicted octanol–water partition coefficient (Wildman–Crippen LogP) is 2.37. The van der Waals surface area contributed by atoms with Gasteiger partial charge in [0.05, 0.1) is 12.2 Å². The Hall–Kier alpha value is -1.99. The average Bonchev–Trinajstić information content (AvgIpc) is 3.13. The highest BCUT2D eigenvalue weighted by molar-refractivity contribution is 7.15. The number of aromatic nitrogens is 1. The lowest BCUT2D eigenvalue weighted by Crippen LogP contribution is -2.42. The lowest BCUT2D eigenvalue weighted by Gasteiger charge is -2.28. The van der Waals surface area contributed by atoms with Crippen LogP contribution in [0.4, 0.5) is 4.39 Å². The highest BCUT2D eigenvalue weighted by atomic mass is 32.1. The second-order valence-electron chi connectivity index (χ2n) is 6.25. The number of nitrogens with zero attached hydrogens (tertiary/aromatic N) is 3. The largest absolute Gasteiger partial charge is 0.456 e. The van der Waals surface area contributed by atoms with Gasteiger partial charge in [0.15, 0.2) is 0 Å². The fourth-order valence-electron chi connectivity index (χ4n) is 3.05. The normalized spacial score (nSPS) is 23.7. The Balaban J connectivity index is 1.45. The number of ether oxygens (including phenoxy) is 1. The number of nitrogens with two attached hydrogens (primary N) is 1. The van der Waals surface area contributed by atoms with Crippen LogP contribution in [0.3, 0.4) is 0 Å². The van der Waals surface area contributed by atoms with Crippen LogP contribution in [-0.2, 0) is 17.8 Å². The lowest BCUT2D eigenvalue weighted by molar-refractivity contribution is 0.0553. The van der Waals surface area contributed by atoms with Crippen molar-refractivity contribution >= 4 is 17.4 Å². The molecular formula is C16H17FN4OS. The number of halogens is 1. The van der Waals surface area contributed by atoms with Gasteiger partial charge in [0.25, 0.3) is 6.02 Å². The molecule has 5 nitrogen and oxygen atoms in total. The van der Waals surface area contributed by atoms with E-state index in [0.29, 0.717) is 6.54 Å². The molecule has 0 spiro atoms. The zero-order valence-electron chi connectivity index (χ0n) is 12.8. The van der Waals surface area contributed by atoms with E-state index >= 15 is 0 Å². The van der Waals surface area contributed by atoms with Gasteiger partial charge in [0.1, 0.15) is 16.4 Å². The second kappa shape index (κ2) is 5.28. The number of hydrogen-bond donors (Lipinski definition) is 1. The molecule has 0 saturated carbocycles. The second-order valence-corrected chi connectivity index (χ2v) is 7.33. The summed E-state index contributed by atoms with van der Waals surface area (Å²) in [6.45, 7) is 5.04. The summed E-state index contributed by atoms with van der Waals surface area (Å²) >= 11 is 1.67. The minimum atomic E-state index is -0.349. The number of fused-ring (bicyclic) bond motifs is 1. The van der Waals surface area contributed by atoms with E-state index in [2.05, 4.69) is 9.89 Å². The highest BCUT2D eigenvalue weighted by Gasteiger charge is 2.36. The molecule has 0 bridgehead atoms. The van der Waals surface area contributed by atoms with Crippen LogP contribution in [0.25, 0.3) is 10.6 Å². The summed E-state index contributed by atoms with van der Waals surface area (Å²) in [6.07, 6.45) is 0. The first kappa shape index (κ1) is 14.6. The Morgan fingerprint density at radius 2 is 2.13 bits per heavy atom. The third kappa shape index (κ3) is 2.82. The van der Waals surface area contributed by atoms with Crippen molar-refractivity contribution in [1.82, 2.24) is 9.88 Å². The van der Waals surface area contributed by atoms with Crippen LogP contribution in [0.15, 0.2) is 29.3 Å². The van der Waals surface area contributed by atoms with Crippen molar-refractivity contribution in [2.45, 2.75) is 25.6 Å². The van der Waals surface area contributed by atoms with E-state index in [-0.39, 0.29) is 17.4 Å². The zero-order chi connectivity index (χ0) is 16.0. The maximum atomic E-state index is 13.0. The molecule has 0 fully saturated rings. The summed E-state index contributed by atoms with van der Waals surface area (Å²) in [5.74, 6) is -0.227. The van der Waals surface area contributed by atoms with E-state index in [9.17, 15) is 4.39 Å². The number of hydrogen-bond acceptors (Lipinski definition) is 6. The van der Waals surface area contributed by atoms with Crippen LogP contribution >= 0.6 is 11.3 Å². The summed E-state index contributed by atoms with van der Waals surface area (Å²) in [5.41, 5.74) is 7.33. The van der Waals surface area contributed by atoms with Gasteiger partial charge in [-0.05, 0) is 31.2 Å². The molecule has 2 aromatic rings. The van der Waals surface area contributed by atoms with Gasteiger partial charge in [-0.1, -0.05) is 0 Å². The summed E-state index contributed by atoms with van der Waals surface area (Å²) in [7, 11) is 0. The first-order valence-electron chi connectivity index (χ1n) is 7.47. The van der Waals surface area contributed by atoms with Crippen LogP contribution in [0.2, 0.25) is 0 Å². The van der Waals surface area contributed by atoms with E-state index in [4.69, 9.17) is 15.5 Å². The molecule has 7 heteroatoms.